The van der Waals surface area contributed by atoms with Crippen molar-refractivity contribution in [2.45, 2.75) is 115 Å². The molecule has 0 aliphatic carbocycles. The zero-order valence-electron chi connectivity index (χ0n) is 33.2. The van der Waals surface area contributed by atoms with Crippen LogP contribution in [0.1, 0.15) is 78.5 Å². The Morgan fingerprint density at radius 1 is 1.09 bits per heavy atom. The number of rotatable bonds is 7. The van der Waals surface area contributed by atoms with Gasteiger partial charge >= 0.3 is 5.97 Å². The van der Waals surface area contributed by atoms with E-state index >= 15 is 0 Å². The molecule has 1 fully saturated rings. The molecule has 2 heterocycles. The average Bonchev–Trinajstić information content (AvgIpc) is 3.81. The van der Waals surface area contributed by atoms with Crippen molar-refractivity contribution in [3.05, 3.63) is 87.9 Å². The third-order valence-electron chi connectivity index (χ3n) is 10.7. The highest BCUT2D eigenvalue weighted by Crippen LogP contribution is 2.42. The first-order valence-corrected chi connectivity index (χ1v) is 19.5. The molecule has 9 atom stereocenters. The second-order valence-electron chi connectivity index (χ2n) is 15.5. The monoisotopic (exact) mass is 825 g/mol. The number of benzene rings is 2. The minimum atomic E-state index is -1.80. The van der Waals surface area contributed by atoms with E-state index in [0.29, 0.717) is 28.4 Å². The van der Waals surface area contributed by atoms with Gasteiger partial charge in [-0.15, -0.1) is 0 Å². The van der Waals surface area contributed by atoms with Crippen molar-refractivity contribution in [3.63, 3.8) is 0 Å². The molecule has 2 aliphatic heterocycles. The Labute approximate surface area is 332 Å². The third kappa shape index (κ3) is 10.6. The zero-order valence-corrected chi connectivity index (χ0v) is 34.8. The van der Waals surface area contributed by atoms with E-state index in [9.17, 15) is 29.4 Å². The molecule has 0 radical (unpaired) electrons. The van der Waals surface area contributed by atoms with E-state index in [1.165, 1.54) is 24.8 Å². The molecule has 4 N–H and O–H groups in total. The number of nitrogens with zero attached hydrogens (tertiary/aromatic N) is 1. The summed E-state index contributed by atoms with van der Waals surface area (Å²) in [4.78, 5) is 58.3. The lowest BCUT2D eigenvalue weighted by Gasteiger charge is -2.35. The number of ether oxygens (including phenoxy) is 3. The Kier molecular flexibility index (Phi) is 14.5. The van der Waals surface area contributed by atoms with Crippen LogP contribution in [0.4, 0.5) is 0 Å². The number of cyclic esters (lactones) is 1. The lowest BCUT2D eigenvalue weighted by atomic mass is 9.93. The van der Waals surface area contributed by atoms with Crippen LogP contribution in [0.3, 0.4) is 0 Å². The Morgan fingerprint density at radius 2 is 1.76 bits per heavy atom. The topological polar surface area (TPSA) is 167 Å². The summed E-state index contributed by atoms with van der Waals surface area (Å²) in [6.07, 6.45) is 4.89. The number of halogens is 1. The molecule has 2 aromatic carbocycles. The summed E-state index contributed by atoms with van der Waals surface area (Å²) in [5, 5.41) is 27.0. The highest BCUT2D eigenvalue weighted by Gasteiger charge is 2.61. The number of amides is 3. The number of hydrogen-bond acceptors (Lipinski definition) is 9. The van der Waals surface area contributed by atoms with E-state index in [-0.39, 0.29) is 36.0 Å². The van der Waals surface area contributed by atoms with Gasteiger partial charge in [0.25, 0.3) is 5.91 Å². The molecule has 2 aliphatic rings. The Bertz CT molecular complexity index is 1760. The summed E-state index contributed by atoms with van der Waals surface area (Å²) in [6, 6.07) is 10.0. The highest BCUT2D eigenvalue weighted by molar-refractivity contribution is 9.10. The number of fused-ring (bicyclic) bond motifs is 1. The van der Waals surface area contributed by atoms with Crippen LogP contribution in [0.2, 0.25) is 0 Å². The van der Waals surface area contributed by atoms with Crippen molar-refractivity contribution in [1.29, 1.82) is 0 Å². The quantitative estimate of drug-likeness (QED) is 0.214. The molecule has 0 spiro atoms. The van der Waals surface area contributed by atoms with Gasteiger partial charge in [0.15, 0.2) is 11.6 Å². The molecule has 0 saturated carbocycles. The van der Waals surface area contributed by atoms with Crippen molar-refractivity contribution >= 4 is 39.6 Å². The first-order chi connectivity index (χ1) is 25.8. The second-order valence-corrected chi connectivity index (χ2v) is 16.3. The molecule has 2 aromatic rings. The smallest absolute Gasteiger partial charge is 0.332 e. The van der Waals surface area contributed by atoms with Gasteiger partial charge in [-0.25, -0.2) is 4.79 Å². The van der Waals surface area contributed by atoms with Crippen LogP contribution in [-0.4, -0.2) is 94.5 Å². The fourth-order valence-corrected chi connectivity index (χ4v) is 7.38. The van der Waals surface area contributed by atoms with Gasteiger partial charge in [0.2, 0.25) is 11.8 Å². The summed E-state index contributed by atoms with van der Waals surface area (Å²) >= 11 is 3.31. The number of aliphatic hydroxyl groups is 1. The molecular formula is C42H56BrN3O9. The molecule has 0 aromatic heterocycles. The summed E-state index contributed by atoms with van der Waals surface area (Å²) < 4.78 is 18.4. The molecule has 55 heavy (non-hydrogen) atoms. The van der Waals surface area contributed by atoms with E-state index in [0.717, 1.165) is 5.57 Å². The van der Waals surface area contributed by atoms with Crippen LogP contribution in [0.15, 0.2) is 76.8 Å². The zero-order chi connectivity index (χ0) is 40.8. The van der Waals surface area contributed by atoms with E-state index < -0.39 is 59.3 Å². The number of likely N-dealkylation sites (N-methyl/N-ethyl adjacent to an activating group) is 1. The van der Waals surface area contributed by atoms with Crippen molar-refractivity contribution < 1.29 is 43.6 Å². The normalized spacial score (nSPS) is 31.1. The summed E-state index contributed by atoms with van der Waals surface area (Å²) in [5.41, 5.74) is -0.824. The molecule has 9 unspecified atom stereocenters. The van der Waals surface area contributed by atoms with Crippen LogP contribution in [-0.2, 0) is 39.8 Å². The predicted octanol–water partition coefficient (Wildman–Crippen LogP) is 5.31. The van der Waals surface area contributed by atoms with Crippen LogP contribution in [0.25, 0.3) is 0 Å². The largest absolute Gasteiger partial charge is 0.507 e. The molecule has 3 amide bonds. The second kappa shape index (κ2) is 18.3. The maximum Gasteiger partial charge on any atom is 0.332 e. The maximum atomic E-state index is 14.3. The molecule has 0 bridgehead atoms. The molecule has 12 nitrogen and oxygen atoms in total. The van der Waals surface area contributed by atoms with Gasteiger partial charge in [0.05, 0.1) is 22.3 Å². The van der Waals surface area contributed by atoms with Crippen LogP contribution in [0.5, 0.6) is 5.75 Å². The molecule has 13 heteroatoms. The highest BCUT2D eigenvalue weighted by atomic mass is 79.9. The van der Waals surface area contributed by atoms with E-state index in [1.54, 1.807) is 33.2 Å². The SMILES string of the molecule is CCC(C)C1C(=O)NC(Cc2ccc(O)c(Br)c2)C(=O)NC(C(C)(C)O)C(=O)OC(c2ccccc2)C(C)/C=C/C=C(\C)C(OC)CC2OC2(C)C(=O)N1C. The fraction of sp³-hybridized carbons (Fsp3) is 0.524. The first kappa shape index (κ1) is 43.7. The van der Waals surface area contributed by atoms with Crippen LogP contribution < -0.4 is 10.6 Å². The molecular weight excluding hydrogens is 770 g/mol. The number of epoxide rings is 1. The number of carbonyl (C=O) groups is 4. The van der Waals surface area contributed by atoms with Gasteiger partial charge in [-0.3, -0.25) is 14.4 Å². The number of carbonyl (C=O) groups excluding carboxylic acids is 4. The number of esters is 1. The summed E-state index contributed by atoms with van der Waals surface area (Å²) in [5.74, 6) is -3.31. The Hall–Kier alpha value is -4.04. The number of aromatic hydroxyl groups is 1. The maximum absolute atomic E-state index is 14.3. The fourth-order valence-electron chi connectivity index (χ4n) is 6.95. The molecule has 300 valence electrons. The van der Waals surface area contributed by atoms with Crippen molar-refractivity contribution in [2.24, 2.45) is 11.8 Å². The number of phenols is 1. The van der Waals surface area contributed by atoms with Crippen LogP contribution in [0, 0.1) is 11.8 Å². The Balaban J connectivity index is 1.82. The Morgan fingerprint density at radius 3 is 2.36 bits per heavy atom. The van der Waals surface area contributed by atoms with E-state index in [2.05, 4.69) is 26.6 Å². The lowest BCUT2D eigenvalue weighted by Crippen LogP contribution is -2.61. The summed E-state index contributed by atoms with van der Waals surface area (Å²) in [6.45, 7) is 12.1. The van der Waals surface area contributed by atoms with Gasteiger partial charge in [0.1, 0.15) is 23.9 Å². The number of allylic oxidation sites excluding steroid dienone is 2. The van der Waals surface area contributed by atoms with Crippen molar-refractivity contribution in [1.82, 2.24) is 15.5 Å². The van der Waals surface area contributed by atoms with Gasteiger partial charge in [-0.1, -0.05) is 81.8 Å². The van der Waals surface area contributed by atoms with Crippen LogP contribution >= 0.6 is 15.9 Å². The third-order valence-corrected chi connectivity index (χ3v) is 11.3. The van der Waals surface area contributed by atoms with Crippen molar-refractivity contribution in [3.8, 4) is 5.75 Å². The average molecular weight is 827 g/mol. The first-order valence-electron chi connectivity index (χ1n) is 18.7. The van der Waals surface area contributed by atoms with Gasteiger partial charge in [0, 0.05) is 32.9 Å². The lowest BCUT2D eigenvalue weighted by molar-refractivity contribution is -0.162. The number of nitrogens with one attached hydrogen (secondary N) is 2. The van der Waals surface area contributed by atoms with E-state index in [4.69, 9.17) is 14.2 Å². The van der Waals surface area contributed by atoms with Crippen molar-refractivity contribution in [2.75, 3.05) is 14.2 Å². The van der Waals surface area contributed by atoms with E-state index in [1.807, 2.05) is 76.3 Å². The molecule has 1 saturated heterocycles. The van der Waals surface area contributed by atoms with Gasteiger partial charge < -0.3 is 40.0 Å². The van der Waals surface area contributed by atoms with Gasteiger partial charge in [-0.2, -0.15) is 0 Å². The summed E-state index contributed by atoms with van der Waals surface area (Å²) in [7, 11) is 3.15. The number of hydrogen-bond donors (Lipinski definition) is 4. The van der Waals surface area contributed by atoms with Gasteiger partial charge in [-0.05, 0) is 78.4 Å². The minimum absolute atomic E-state index is 0.0140. The number of phenolic OH excluding ortho intramolecular Hbond substituents is 1. The minimum Gasteiger partial charge on any atom is -0.507 e. The number of methoxy groups -OCH3 is 1. The molecule has 4 rings (SSSR count). The standard InChI is InChI=1S/C42H56BrN3O9/c1-10-24(2)34-38(49)44-30(22-27-19-20-31(47)29(43)21-27)37(48)45-36(41(5,6)52)39(50)54-35(28-17-12-11-13-18-28)26(4)16-14-15-25(3)32(53-9)23-33-42(7,55-33)40(51)46(34)8/h11-21,24,26,30,32-36,47,52H,10,22-23H2,1-9H3,(H,44,49)(H,45,48)/b16-14+,25-15+. The predicted molar refractivity (Wildman–Crippen MR) is 212 cm³/mol.